The van der Waals surface area contributed by atoms with E-state index in [1.807, 2.05) is 4.68 Å². The lowest BCUT2D eigenvalue weighted by molar-refractivity contribution is 0.472. The smallest absolute Gasteiger partial charge is 0.0837 e. The zero-order valence-corrected chi connectivity index (χ0v) is 15.6. The molecule has 0 bridgehead atoms. The van der Waals surface area contributed by atoms with E-state index in [1.54, 1.807) is 17.5 Å². The Hall–Kier alpha value is -0.110. The first kappa shape index (κ1) is 16.3. The molecule has 0 aliphatic heterocycles. The lowest BCUT2D eigenvalue weighted by atomic mass is 10.1. The van der Waals surface area contributed by atoms with Crippen LogP contribution in [0.25, 0.3) is 0 Å². The van der Waals surface area contributed by atoms with Crippen LogP contribution in [-0.2, 0) is 0 Å². The second-order valence-electron chi connectivity index (χ2n) is 4.99. The quantitative estimate of drug-likeness (QED) is 0.672. The Bertz CT molecular complexity index is 565. The molecule has 0 aliphatic rings. The molecule has 2 aromatic rings. The molecule has 1 atom stereocenters. The Kier molecular flexibility index (Phi) is 5.89. The number of hydrogen-bond donors (Lipinski definition) is 1. The molecule has 0 fully saturated rings. The monoisotopic (exact) mass is 423 g/mol. The SMILES string of the molecule is CCCNC(c1csc(I)c1)c1c(Cl)cnn1C(C)C. The summed E-state index contributed by atoms with van der Waals surface area (Å²) in [5.74, 6) is 0. The number of thiophene rings is 1. The molecule has 0 saturated heterocycles. The van der Waals surface area contributed by atoms with Gasteiger partial charge in [-0.2, -0.15) is 5.10 Å². The number of nitrogens with one attached hydrogen (secondary N) is 1. The van der Waals surface area contributed by atoms with Gasteiger partial charge in [-0.1, -0.05) is 18.5 Å². The van der Waals surface area contributed by atoms with Crippen LogP contribution in [0.2, 0.25) is 5.02 Å². The molecule has 0 spiro atoms. The van der Waals surface area contributed by atoms with E-state index in [4.69, 9.17) is 11.6 Å². The van der Waals surface area contributed by atoms with Crippen molar-refractivity contribution in [1.29, 1.82) is 0 Å². The van der Waals surface area contributed by atoms with Gasteiger partial charge < -0.3 is 5.32 Å². The zero-order chi connectivity index (χ0) is 14.7. The minimum atomic E-state index is 0.104. The van der Waals surface area contributed by atoms with Gasteiger partial charge in [0.05, 0.1) is 25.8 Å². The summed E-state index contributed by atoms with van der Waals surface area (Å²) in [6.45, 7) is 7.38. The van der Waals surface area contributed by atoms with Crippen LogP contribution in [0.4, 0.5) is 0 Å². The summed E-state index contributed by atoms with van der Waals surface area (Å²) in [7, 11) is 0. The van der Waals surface area contributed by atoms with Crippen molar-refractivity contribution >= 4 is 45.5 Å². The molecule has 0 radical (unpaired) electrons. The Morgan fingerprint density at radius 3 is 2.80 bits per heavy atom. The maximum Gasteiger partial charge on any atom is 0.0837 e. The second kappa shape index (κ2) is 7.24. The molecule has 1 N–H and O–H groups in total. The first-order valence-corrected chi connectivity index (χ1v) is 9.08. The van der Waals surface area contributed by atoms with Crippen LogP contribution in [0.1, 0.15) is 50.5 Å². The summed E-state index contributed by atoms with van der Waals surface area (Å²) in [5, 5.41) is 10.9. The molecular formula is C14H19ClIN3S. The van der Waals surface area contributed by atoms with E-state index < -0.39 is 0 Å². The largest absolute Gasteiger partial charge is 0.305 e. The van der Waals surface area contributed by atoms with Crippen molar-refractivity contribution < 1.29 is 0 Å². The predicted molar refractivity (Wildman–Crippen MR) is 94.8 cm³/mol. The molecule has 110 valence electrons. The number of halogens is 2. The molecule has 0 aliphatic carbocycles. The van der Waals surface area contributed by atoms with Gasteiger partial charge in [0.15, 0.2) is 0 Å². The molecule has 3 nitrogen and oxygen atoms in total. The highest BCUT2D eigenvalue weighted by atomic mass is 127. The minimum Gasteiger partial charge on any atom is -0.305 e. The normalized spacial score (nSPS) is 13.1. The van der Waals surface area contributed by atoms with Crippen molar-refractivity contribution in [2.75, 3.05) is 6.54 Å². The van der Waals surface area contributed by atoms with E-state index in [-0.39, 0.29) is 6.04 Å². The van der Waals surface area contributed by atoms with Crippen LogP contribution in [0.5, 0.6) is 0 Å². The number of hydrogen-bond acceptors (Lipinski definition) is 3. The van der Waals surface area contributed by atoms with E-state index in [2.05, 4.69) is 65.2 Å². The van der Waals surface area contributed by atoms with Crippen molar-refractivity contribution in [3.63, 3.8) is 0 Å². The molecule has 1 unspecified atom stereocenters. The lowest BCUT2D eigenvalue weighted by Crippen LogP contribution is -2.26. The fourth-order valence-corrected chi connectivity index (χ4v) is 3.81. The molecule has 2 rings (SSSR count). The van der Waals surface area contributed by atoms with Gasteiger partial charge in [-0.3, -0.25) is 4.68 Å². The van der Waals surface area contributed by atoms with Crippen molar-refractivity contribution in [2.45, 2.75) is 39.3 Å². The average Bonchev–Trinajstić information content (AvgIpc) is 2.98. The molecule has 6 heteroatoms. The van der Waals surface area contributed by atoms with Crippen molar-refractivity contribution in [3.8, 4) is 0 Å². The van der Waals surface area contributed by atoms with E-state index in [1.165, 1.54) is 8.45 Å². The van der Waals surface area contributed by atoms with Gasteiger partial charge in [0.2, 0.25) is 0 Å². The van der Waals surface area contributed by atoms with E-state index >= 15 is 0 Å². The van der Waals surface area contributed by atoms with E-state index in [0.717, 1.165) is 23.7 Å². The van der Waals surface area contributed by atoms with Gasteiger partial charge in [0.1, 0.15) is 0 Å². The summed E-state index contributed by atoms with van der Waals surface area (Å²) in [5.41, 5.74) is 2.32. The van der Waals surface area contributed by atoms with Gasteiger partial charge in [-0.25, -0.2) is 0 Å². The Morgan fingerprint density at radius 2 is 2.25 bits per heavy atom. The summed E-state index contributed by atoms with van der Waals surface area (Å²) in [4.78, 5) is 0. The van der Waals surface area contributed by atoms with Crippen molar-refractivity contribution in [3.05, 3.63) is 36.8 Å². The highest BCUT2D eigenvalue weighted by Gasteiger charge is 2.23. The molecule has 2 aromatic heterocycles. The first-order chi connectivity index (χ1) is 9.54. The number of rotatable bonds is 6. The van der Waals surface area contributed by atoms with Gasteiger partial charge in [-0.15, -0.1) is 11.3 Å². The number of aromatic nitrogens is 2. The maximum atomic E-state index is 6.40. The van der Waals surface area contributed by atoms with Crippen LogP contribution < -0.4 is 5.32 Å². The minimum absolute atomic E-state index is 0.104. The second-order valence-corrected chi connectivity index (χ2v) is 8.20. The fraction of sp³-hybridized carbons (Fsp3) is 0.500. The number of nitrogens with zero attached hydrogens (tertiary/aromatic N) is 2. The van der Waals surface area contributed by atoms with Crippen LogP contribution in [-0.4, -0.2) is 16.3 Å². The third-order valence-corrected chi connectivity index (χ3v) is 5.17. The van der Waals surface area contributed by atoms with Crippen LogP contribution >= 0.6 is 45.5 Å². The third-order valence-electron chi connectivity index (χ3n) is 3.07. The Labute approximate surface area is 142 Å². The zero-order valence-electron chi connectivity index (χ0n) is 11.9. The predicted octanol–water partition coefficient (Wildman–Crippen LogP) is 4.87. The summed E-state index contributed by atoms with van der Waals surface area (Å²) in [6, 6.07) is 2.61. The first-order valence-electron chi connectivity index (χ1n) is 6.74. The van der Waals surface area contributed by atoms with E-state index in [0.29, 0.717) is 6.04 Å². The highest BCUT2D eigenvalue weighted by molar-refractivity contribution is 14.1. The standard InChI is InChI=1S/C14H19ClIN3S/c1-4-5-17-13(10-6-12(16)20-8-10)14-11(15)7-18-19(14)9(2)3/h6-9,13,17H,4-5H2,1-3H3. The molecule has 20 heavy (non-hydrogen) atoms. The van der Waals surface area contributed by atoms with Crippen LogP contribution in [0.3, 0.4) is 0 Å². The van der Waals surface area contributed by atoms with Gasteiger partial charge in [-0.05, 0) is 66.4 Å². The molecule has 2 heterocycles. The van der Waals surface area contributed by atoms with Gasteiger partial charge in [0.25, 0.3) is 0 Å². The topological polar surface area (TPSA) is 29.9 Å². The van der Waals surface area contributed by atoms with Gasteiger partial charge in [0, 0.05) is 6.04 Å². The molecule has 0 saturated carbocycles. The van der Waals surface area contributed by atoms with Crippen molar-refractivity contribution in [1.82, 2.24) is 15.1 Å². The average molecular weight is 424 g/mol. The summed E-state index contributed by atoms with van der Waals surface area (Å²) in [6.07, 6.45) is 2.83. The van der Waals surface area contributed by atoms with E-state index in [9.17, 15) is 0 Å². The Morgan fingerprint density at radius 1 is 1.50 bits per heavy atom. The van der Waals surface area contributed by atoms with Crippen LogP contribution in [0.15, 0.2) is 17.6 Å². The Balaban J connectivity index is 2.43. The molecule has 0 amide bonds. The summed E-state index contributed by atoms with van der Waals surface area (Å²) < 4.78 is 3.30. The summed E-state index contributed by atoms with van der Waals surface area (Å²) >= 11 is 10.5. The van der Waals surface area contributed by atoms with Crippen molar-refractivity contribution in [2.24, 2.45) is 0 Å². The lowest BCUT2D eigenvalue weighted by Gasteiger charge is -2.21. The fourth-order valence-electron chi connectivity index (χ4n) is 2.17. The maximum absolute atomic E-state index is 6.40. The third kappa shape index (κ3) is 3.55. The molecular weight excluding hydrogens is 405 g/mol. The van der Waals surface area contributed by atoms with Crippen LogP contribution in [0, 0.1) is 2.88 Å². The van der Waals surface area contributed by atoms with Gasteiger partial charge >= 0.3 is 0 Å². The highest BCUT2D eigenvalue weighted by Crippen LogP contribution is 2.32. The molecule has 0 aromatic carbocycles.